The number of amides is 1. The van der Waals surface area contributed by atoms with Crippen LogP contribution in [0.15, 0.2) is 53.4 Å². The normalized spacial score (nSPS) is 12.3. The number of hydrogen-bond donors (Lipinski definition) is 1. The molecule has 1 aromatic carbocycles. The summed E-state index contributed by atoms with van der Waals surface area (Å²) in [6.07, 6.45) is 3.52. The van der Waals surface area contributed by atoms with Crippen LogP contribution in [0.25, 0.3) is 5.69 Å². The summed E-state index contributed by atoms with van der Waals surface area (Å²) >= 11 is 0. The van der Waals surface area contributed by atoms with Crippen molar-refractivity contribution in [1.82, 2.24) is 30.4 Å². The van der Waals surface area contributed by atoms with Gasteiger partial charge in [-0.1, -0.05) is 26.0 Å². The molecule has 0 aliphatic rings. The van der Waals surface area contributed by atoms with Gasteiger partial charge in [0.25, 0.3) is 0 Å². The Balaban J connectivity index is 1.58. The van der Waals surface area contributed by atoms with E-state index in [1.807, 2.05) is 36.4 Å². The molecule has 0 saturated carbocycles. The Kier molecular flexibility index (Phi) is 6.32. The number of tetrazole rings is 1. The van der Waals surface area contributed by atoms with E-state index in [0.717, 1.165) is 30.1 Å². The maximum absolute atomic E-state index is 12.4. The highest BCUT2D eigenvalue weighted by molar-refractivity contribution is 5.78. The number of likely N-dealkylation sites (N-methyl/N-ethyl adjacent to an activating group) is 1. The van der Waals surface area contributed by atoms with Crippen LogP contribution in [0, 0.1) is 0 Å². The molecule has 0 saturated heterocycles. The average molecular weight is 368 g/mol. The van der Waals surface area contributed by atoms with Crippen LogP contribution in [-0.4, -0.2) is 50.6 Å². The van der Waals surface area contributed by atoms with Crippen molar-refractivity contribution >= 4 is 5.91 Å². The Labute approximate surface area is 158 Å². The standard InChI is InChI=1S/C19H24N6O2/c1-3-24(4-2)17(18-6-5-11-27-18)13-20-19(26)12-15-7-9-16(10-8-15)25-14-21-22-23-25/h5-11,14,17H,3-4,12-13H2,1-2H3,(H,20,26)/t17-/m0/s1. The molecule has 2 heterocycles. The minimum atomic E-state index is -0.0196. The zero-order valence-corrected chi connectivity index (χ0v) is 15.6. The predicted molar refractivity (Wildman–Crippen MR) is 100 cm³/mol. The molecule has 3 aromatic rings. The van der Waals surface area contributed by atoms with Gasteiger partial charge < -0.3 is 9.73 Å². The number of furan rings is 1. The molecule has 8 nitrogen and oxygen atoms in total. The molecule has 1 atom stereocenters. The van der Waals surface area contributed by atoms with Gasteiger partial charge in [0.1, 0.15) is 12.1 Å². The number of nitrogens with one attached hydrogen (secondary N) is 1. The van der Waals surface area contributed by atoms with Crippen LogP contribution in [0.5, 0.6) is 0 Å². The number of carbonyl (C=O) groups excluding carboxylic acids is 1. The fraction of sp³-hybridized carbons (Fsp3) is 0.368. The van der Waals surface area contributed by atoms with E-state index < -0.39 is 0 Å². The lowest BCUT2D eigenvalue weighted by Gasteiger charge is -2.28. The quantitative estimate of drug-likeness (QED) is 0.621. The van der Waals surface area contributed by atoms with E-state index >= 15 is 0 Å². The van der Waals surface area contributed by atoms with Gasteiger partial charge in [-0.25, -0.2) is 4.68 Å². The summed E-state index contributed by atoms with van der Waals surface area (Å²) in [6.45, 7) is 6.49. The van der Waals surface area contributed by atoms with Crippen LogP contribution >= 0.6 is 0 Å². The zero-order valence-electron chi connectivity index (χ0n) is 15.6. The highest BCUT2D eigenvalue weighted by Crippen LogP contribution is 2.20. The van der Waals surface area contributed by atoms with Crippen LogP contribution in [0.2, 0.25) is 0 Å². The topological polar surface area (TPSA) is 89.1 Å². The smallest absolute Gasteiger partial charge is 0.224 e. The third-order valence-electron chi connectivity index (χ3n) is 4.53. The number of rotatable bonds is 9. The summed E-state index contributed by atoms with van der Waals surface area (Å²) in [5.41, 5.74) is 1.78. The number of nitrogens with zero attached hydrogens (tertiary/aromatic N) is 5. The van der Waals surface area contributed by atoms with Crippen molar-refractivity contribution in [2.24, 2.45) is 0 Å². The molecule has 0 spiro atoms. The van der Waals surface area contributed by atoms with Gasteiger partial charge in [0.05, 0.1) is 24.4 Å². The van der Waals surface area contributed by atoms with Crippen LogP contribution in [0.4, 0.5) is 0 Å². The van der Waals surface area contributed by atoms with E-state index in [-0.39, 0.29) is 11.9 Å². The van der Waals surface area contributed by atoms with Crippen LogP contribution in [0.1, 0.15) is 31.2 Å². The fourth-order valence-electron chi connectivity index (χ4n) is 3.06. The Morgan fingerprint density at radius 3 is 2.59 bits per heavy atom. The molecule has 1 amide bonds. The van der Waals surface area contributed by atoms with Gasteiger partial charge in [0, 0.05) is 6.54 Å². The first kappa shape index (κ1) is 18.8. The molecule has 0 radical (unpaired) electrons. The van der Waals surface area contributed by atoms with Crippen LogP contribution in [0.3, 0.4) is 0 Å². The molecule has 27 heavy (non-hydrogen) atoms. The van der Waals surface area contributed by atoms with Gasteiger partial charge in [0.15, 0.2) is 0 Å². The van der Waals surface area contributed by atoms with Crippen LogP contribution < -0.4 is 5.32 Å². The van der Waals surface area contributed by atoms with E-state index in [4.69, 9.17) is 4.42 Å². The van der Waals surface area contributed by atoms with Crippen LogP contribution in [-0.2, 0) is 11.2 Å². The van der Waals surface area contributed by atoms with E-state index in [0.29, 0.717) is 13.0 Å². The highest BCUT2D eigenvalue weighted by Gasteiger charge is 2.21. The summed E-state index contributed by atoms with van der Waals surface area (Å²) in [7, 11) is 0. The van der Waals surface area contributed by atoms with Crippen molar-refractivity contribution in [1.29, 1.82) is 0 Å². The van der Waals surface area contributed by atoms with Gasteiger partial charge in [0.2, 0.25) is 5.91 Å². The Morgan fingerprint density at radius 2 is 2.00 bits per heavy atom. The maximum Gasteiger partial charge on any atom is 0.224 e. The van der Waals surface area contributed by atoms with Crippen molar-refractivity contribution in [3.63, 3.8) is 0 Å². The van der Waals surface area contributed by atoms with Crippen molar-refractivity contribution in [3.05, 3.63) is 60.3 Å². The zero-order chi connectivity index (χ0) is 19.1. The highest BCUT2D eigenvalue weighted by atomic mass is 16.3. The minimum absolute atomic E-state index is 0.0196. The number of aromatic nitrogens is 4. The average Bonchev–Trinajstić information content (AvgIpc) is 3.39. The molecule has 0 unspecified atom stereocenters. The first-order chi connectivity index (χ1) is 13.2. The lowest BCUT2D eigenvalue weighted by molar-refractivity contribution is -0.120. The molecule has 142 valence electrons. The first-order valence-electron chi connectivity index (χ1n) is 9.07. The molecule has 0 aliphatic heterocycles. The third kappa shape index (κ3) is 4.79. The summed E-state index contributed by atoms with van der Waals surface area (Å²) in [4.78, 5) is 14.7. The molecule has 2 aromatic heterocycles. The summed E-state index contributed by atoms with van der Waals surface area (Å²) in [5.74, 6) is 0.846. The number of benzene rings is 1. The molecular formula is C19H24N6O2. The Morgan fingerprint density at radius 1 is 1.22 bits per heavy atom. The van der Waals surface area contributed by atoms with E-state index in [2.05, 4.69) is 39.6 Å². The summed E-state index contributed by atoms with van der Waals surface area (Å²) in [5, 5.41) is 14.1. The molecular weight excluding hydrogens is 344 g/mol. The predicted octanol–water partition coefficient (Wildman–Crippen LogP) is 2.00. The SMILES string of the molecule is CCN(CC)[C@@H](CNC(=O)Cc1ccc(-n2cnnn2)cc1)c1ccco1. The van der Waals surface area contributed by atoms with Crippen molar-refractivity contribution in [3.8, 4) is 5.69 Å². The van der Waals surface area contributed by atoms with Crippen molar-refractivity contribution in [2.75, 3.05) is 19.6 Å². The second kappa shape index (κ2) is 9.09. The lowest BCUT2D eigenvalue weighted by Crippen LogP contribution is -2.38. The summed E-state index contributed by atoms with van der Waals surface area (Å²) in [6, 6.07) is 11.4. The maximum atomic E-state index is 12.4. The van der Waals surface area contributed by atoms with Crippen molar-refractivity contribution in [2.45, 2.75) is 26.3 Å². The number of carbonyl (C=O) groups is 1. The largest absolute Gasteiger partial charge is 0.468 e. The Hall–Kier alpha value is -3.00. The van der Waals surface area contributed by atoms with Gasteiger partial charge in [-0.3, -0.25) is 9.69 Å². The number of hydrogen-bond acceptors (Lipinski definition) is 6. The molecule has 1 N–H and O–H groups in total. The van der Waals surface area contributed by atoms with Gasteiger partial charge >= 0.3 is 0 Å². The summed E-state index contributed by atoms with van der Waals surface area (Å²) < 4.78 is 7.14. The first-order valence-corrected chi connectivity index (χ1v) is 9.07. The lowest BCUT2D eigenvalue weighted by atomic mass is 10.1. The second-order valence-electron chi connectivity index (χ2n) is 6.15. The van der Waals surface area contributed by atoms with Crippen molar-refractivity contribution < 1.29 is 9.21 Å². The molecule has 0 aliphatic carbocycles. The second-order valence-corrected chi connectivity index (χ2v) is 6.15. The molecule has 0 bridgehead atoms. The van der Waals surface area contributed by atoms with Gasteiger partial charge in [-0.05, 0) is 53.3 Å². The molecule has 0 fully saturated rings. The van der Waals surface area contributed by atoms with E-state index in [9.17, 15) is 4.79 Å². The van der Waals surface area contributed by atoms with Gasteiger partial charge in [-0.2, -0.15) is 0 Å². The van der Waals surface area contributed by atoms with E-state index in [1.54, 1.807) is 10.9 Å². The minimum Gasteiger partial charge on any atom is -0.468 e. The fourth-order valence-corrected chi connectivity index (χ4v) is 3.06. The van der Waals surface area contributed by atoms with E-state index in [1.165, 1.54) is 6.33 Å². The molecule has 8 heteroatoms. The van der Waals surface area contributed by atoms with Gasteiger partial charge in [-0.15, -0.1) is 5.10 Å². The monoisotopic (exact) mass is 368 g/mol. The third-order valence-corrected chi connectivity index (χ3v) is 4.53. The Bertz CT molecular complexity index is 811. The molecule has 3 rings (SSSR count).